The monoisotopic (exact) mass is 284 g/mol. The zero-order chi connectivity index (χ0) is 14.3. The van der Waals surface area contributed by atoms with Gasteiger partial charge in [0.1, 0.15) is 5.82 Å². The molecule has 1 fully saturated rings. The first-order valence-corrected chi connectivity index (χ1v) is 6.62. The molecule has 20 heavy (non-hydrogen) atoms. The number of halogens is 3. The first-order valence-electron chi connectivity index (χ1n) is 6.62. The van der Waals surface area contributed by atoms with Gasteiger partial charge >= 0.3 is 6.18 Å². The van der Waals surface area contributed by atoms with Crippen molar-refractivity contribution in [1.82, 2.24) is 14.6 Å². The van der Waals surface area contributed by atoms with Gasteiger partial charge in [-0.3, -0.25) is 4.40 Å². The molecule has 0 saturated heterocycles. The van der Waals surface area contributed by atoms with E-state index in [0.717, 1.165) is 37.8 Å². The Morgan fingerprint density at radius 1 is 1.25 bits per heavy atom. The van der Waals surface area contributed by atoms with E-state index in [1.165, 1.54) is 6.20 Å². The Morgan fingerprint density at radius 3 is 2.75 bits per heavy atom. The summed E-state index contributed by atoms with van der Waals surface area (Å²) in [6, 6.07) is 2.22. The lowest BCUT2D eigenvalue weighted by molar-refractivity contribution is -0.137. The molecule has 7 heteroatoms. The highest BCUT2D eigenvalue weighted by Gasteiger charge is 2.31. The van der Waals surface area contributed by atoms with Gasteiger partial charge < -0.3 is 5.73 Å². The molecule has 0 unspecified atom stereocenters. The average molecular weight is 284 g/mol. The third-order valence-corrected chi connectivity index (χ3v) is 3.84. The highest BCUT2D eigenvalue weighted by atomic mass is 19.4. The van der Waals surface area contributed by atoms with Crippen LogP contribution < -0.4 is 5.73 Å². The number of aromatic nitrogens is 3. The van der Waals surface area contributed by atoms with Crippen molar-refractivity contribution in [1.29, 1.82) is 0 Å². The Bertz CT molecular complexity index is 620. The van der Waals surface area contributed by atoms with Gasteiger partial charge in [-0.05, 0) is 31.4 Å². The Balaban J connectivity index is 1.97. The lowest BCUT2D eigenvalue weighted by Crippen LogP contribution is -2.27. The number of hydrogen-bond donors (Lipinski definition) is 1. The number of pyridine rings is 1. The average Bonchev–Trinajstić information content (AvgIpc) is 2.80. The predicted octanol–water partition coefficient (Wildman–Crippen LogP) is 2.73. The largest absolute Gasteiger partial charge is 0.416 e. The molecule has 0 bridgehead atoms. The van der Waals surface area contributed by atoms with Gasteiger partial charge in [0.25, 0.3) is 0 Å². The van der Waals surface area contributed by atoms with E-state index in [2.05, 4.69) is 10.2 Å². The Morgan fingerprint density at radius 2 is 2.05 bits per heavy atom. The van der Waals surface area contributed by atoms with Crippen molar-refractivity contribution in [3.05, 3.63) is 29.7 Å². The number of rotatable bonds is 1. The lowest BCUT2D eigenvalue weighted by Gasteiger charge is -2.25. The maximum absolute atomic E-state index is 12.7. The van der Waals surface area contributed by atoms with E-state index in [1.54, 1.807) is 4.40 Å². The first-order chi connectivity index (χ1) is 9.45. The summed E-state index contributed by atoms with van der Waals surface area (Å²) in [7, 11) is 0. The molecule has 3 rings (SSSR count). The van der Waals surface area contributed by atoms with E-state index in [0.29, 0.717) is 5.82 Å². The van der Waals surface area contributed by atoms with E-state index in [9.17, 15) is 13.2 Å². The molecule has 0 aliphatic heterocycles. The highest BCUT2D eigenvalue weighted by molar-refractivity contribution is 5.42. The fourth-order valence-corrected chi connectivity index (χ4v) is 2.83. The van der Waals surface area contributed by atoms with Crippen molar-refractivity contribution < 1.29 is 13.2 Å². The van der Waals surface area contributed by atoms with Gasteiger partial charge in [-0.1, -0.05) is 6.42 Å². The van der Waals surface area contributed by atoms with Crippen molar-refractivity contribution in [2.45, 2.75) is 43.8 Å². The van der Waals surface area contributed by atoms with Crippen LogP contribution in [0, 0.1) is 0 Å². The van der Waals surface area contributed by atoms with Crippen molar-refractivity contribution in [3.8, 4) is 0 Å². The molecule has 2 atom stereocenters. The molecule has 1 aliphatic carbocycles. The smallest absolute Gasteiger partial charge is 0.328 e. The maximum Gasteiger partial charge on any atom is 0.416 e. The Kier molecular flexibility index (Phi) is 3.16. The second-order valence-corrected chi connectivity index (χ2v) is 5.32. The van der Waals surface area contributed by atoms with Gasteiger partial charge in [-0.25, -0.2) is 0 Å². The highest BCUT2D eigenvalue weighted by Crippen LogP contribution is 2.33. The van der Waals surface area contributed by atoms with Crippen LogP contribution >= 0.6 is 0 Å². The Hall–Kier alpha value is -1.63. The van der Waals surface area contributed by atoms with E-state index in [1.807, 2.05) is 0 Å². The number of hydrogen-bond acceptors (Lipinski definition) is 3. The van der Waals surface area contributed by atoms with Gasteiger partial charge in [0.15, 0.2) is 5.65 Å². The summed E-state index contributed by atoms with van der Waals surface area (Å²) in [6.07, 6.45) is 0.804. The van der Waals surface area contributed by atoms with Crippen LogP contribution in [0.15, 0.2) is 18.3 Å². The molecule has 2 aromatic rings. The fraction of sp³-hybridized carbons (Fsp3) is 0.538. The van der Waals surface area contributed by atoms with E-state index in [-0.39, 0.29) is 17.6 Å². The molecule has 1 aliphatic rings. The molecule has 0 radical (unpaired) electrons. The lowest BCUT2D eigenvalue weighted by atomic mass is 9.85. The molecule has 108 valence electrons. The van der Waals surface area contributed by atoms with Crippen LogP contribution in [0.25, 0.3) is 5.65 Å². The summed E-state index contributed by atoms with van der Waals surface area (Å²) in [5.74, 6) is 0.884. The van der Waals surface area contributed by atoms with Crippen molar-refractivity contribution >= 4 is 5.65 Å². The SMILES string of the molecule is N[C@@H]1CCC[C@H](c2nnc3cc(C(F)(F)F)ccn23)C1. The summed E-state index contributed by atoms with van der Waals surface area (Å²) < 4.78 is 39.6. The molecule has 2 N–H and O–H groups in total. The number of nitrogens with zero attached hydrogens (tertiary/aromatic N) is 3. The van der Waals surface area contributed by atoms with Crippen LogP contribution in [-0.2, 0) is 6.18 Å². The molecular weight excluding hydrogens is 269 g/mol. The van der Waals surface area contributed by atoms with E-state index in [4.69, 9.17) is 5.73 Å². The summed E-state index contributed by atoms with van der Waals surface area (Å²) in [5.41, 5.74) is 5.48. The van der Waals surface area contributed by atoms with E-state index < -0.39 is 11.7 Å². The van der Waals surface area contributed by atoms with Gasteiger partial charge in [-0.15, -0.1) is 10.2 Å². The molecule has 1 saturated carbocycles. The zero-order valence-corrected chi connectivity index (χ0v) is 10.8. The minimum Gasteiger partial charge on any atom is -0.328 e. The normalized spacial score (nSPS) is 24.2. The second kappa shape index (κ2) is 4.73. The second-order valence-electron chi connectivity index (χ2n) is 5.32. The molecular formula is C13H15F3N4. The zero-order valence-electron chi connectivity index (χ0n) is 10.8. The standard InChI is InChI=1S/C13H15F3N4/c14-13(15,16)9-4-5-20-11(7-9)18-19-12(20)8-2-1-3-10(17)6-8/h4-5,7-8,10H,1-3,6,17H2/t8-,10+/m0/s1. The van der Waals surface area contributed by atoms with Crippen LogP contribution in [-0.4, -0.2) is 20.6 Å². The molecule has 0 spiro atoms. The summed E-state index contributed by atoms with van der Waals surface area (Å²) in [6.45, 7) is 0. The van der Waals surface area contributed by atoms with Gasteiger partial charge in [0.05, 0.1) is 5.56 Å². The fourth-order valence-electron chi connectivity index (χ4n) is 2.83. The number of nitrogens with two attached hydrogens (primary N) is 1. The molecule has 4 nitrogen and oxygen atoms in total. The number of fused-ring (bicyclic) bond motifs is 1. The van der Waals surface area contributed by atoms with Crippen molar-refractivity contribution in [3.63, 3.8) is 0 Å². The third kappa shape index (κ3) is 2.37. The van der Waals surface area contributed by atoms with Crippen LogP contribution in [0.1, 0.15) is 43.0 Å². The van der Waals surface area contributed by atoms with Crippen LogP contribution in [0.2, 0.25) is 0 Å². The molecule has 2 heterocycles. The van der Waals surface area contributed by atoms with Gasteiger partial charge in [0.2, 0.25) is 0 Å². The van der Waals surface area contributed by atoms with Crippen LogP contribution in [0.4, 0.5) is 13.2 Å². The molecule has 2 aromatic heterocycles. The van der Waals surface area contributed by atoms with Gasteiger partial charge in [-0.2, -0.15) is 13.2 Å². The van der Waals surface area contributed by atoms with E-state index >= 15 is 0 Å². The third-order valence-electron chi connectivity index (χ3n) is 3.84. The minimum absolute atomic E-state index is 0.135. The number of alkyl halides is 3. The molecule has 0 aromatic carbocycles. The molecule has 0 amide bonds. The summed E-state index contributed by atoms with van der Waals surface area (Å²) in [4.78, 5) is 0. The maximum atomic E-state index is 12.7. The predicted molar refractivity (Wildman–Crippen MR) is 67.2 cm³/mol. The Labute approximate surface area is 113 Å². The quantitative estimate of drug-likeness (QED) is 0.876. The summed E-state index contributed by atoms with van der Waals surface area (Å²) >= 11 is 0. The topological polar surface area (TPSA) is 56.2 Å². The minimum atomic E-state index is -4.36. The van der Waals surface area contributed by atoms with Crippen molar-refractivity contribution in [2.75, 3.05) is 0 Å². The van der Waals surface area contributed by atoms with Gasteiger partial charge in [0, 0.05) is 18.2 Å². The first kappa shape index (κ1) is 13.4. The summed E-state index contributed by atoms with van der Waals surface area (Å²) in [5, 5.41) is 7.93. The van der Waals surface area contributed by atoms with Crippen LogP contribution in [0.5, 0.6) is 0 Å². The van der Waals surface area contributed by atoms with Crippen molar-refractivity contribution in [2.24, 2.45) is 5.73 Å². The van der Waals surface area contributed by atoms with Crippen LogP contribution in [0.3, 0.4) is 0 Å².